The Kier molecular flexibility index (Phi) is 6.60. The molecule has 1 aromatic rings. The number of hydrogen-bond donors (Lipinski definition) is 1. The van der Waals surface area contributed by atoms with E-state index in [1.54, 1.807) is 17.0 Å². The van der Waals surface area contributed by atoms with E-state index in [4.69, 9.17) is 4.74 Å². The zero-order valence-electron chi connectivity index (χ0n) is 15.8. The van der Waals surface area contributed by atoms with Crippen LogP contribution in [0.25, 0.3) is 0 Å². The summed E-state index contributed by atoms with van der Waals surface area (Å²) in [5.41, 5.74) is 3.67. The molecule has 1 aliphatic heterocycles. The average Bonchev–Trinajstić information content (AvgIpc) is 2.89. The van der Waals surface area contributed by atoms with Crippen LogP contribution in [-0.4, -0.2) is 35.1 Å². The van der Waals surface area contributed by atoms with Crippen LogP contribution in [0.3, 0.4) is 0 Å². The van der Waals surface area contributed by atoms with Crippen molar-refractivity contribution in [3.63, 3.8) is 0 Å². The van der Waals surface area contributed by atoms with Crippen LogP contribution in [0, 0.1) is 0 Å². The Bertz CT molecular complexity index is 791. The summed E-state index contributed by atoms with van der Waals surface area (Å²) in [6.45, 7) is 6.07. The minimum Gasteiger partial charge on any atom is -0.507 e. The van der Waals surface area contributed by atoms with Gasteiger partial charge in [0.25, 0.3) is 5.91 Å². The van der Waals surface area contributed by atoms with Gasteiger partial charge in [-0.1, -0.05) is 17.2 Å². The van der Waals surface area contributed by atoms with Crippen LogP contribution in [0.4, 0.5) is 0 Å². The second-order valence-corrected chi connectivity index (χ2v) is 7.10. The van der Waals surface area contributed by atoms with Gasteiger partial charge in [-0.3, -0.25) is 9.59 Å². The van der Waals surface area contributed by atoms with Crippen LogP contribution >= 0.6 is 9.24 Å². The Morgan fingerprint density at radius 3 is 2.65 bits per heavy atom. The minimum absolute atomic E-state index is 0.0607. The van der Waals surface area contributed by atoms with E-state index in [-0.39, 0.29) is 17.4 Å². The van der Waals surface area contributed by atoms with Gasteiger partial charge in [0.15, 0.2) is 5.78 Å². The number of nitrogens with zero attached hydrogens (tertiary/aromatic N) is 1. The predicted molar refractivity (Wildman–Crippen MR) is 106 cm³/mol. The predicted octanol–water partition coefficient (Wildman–Crippen LogP) is 3.60. The van der Waals surface area contributed by atoms with Crippen molar-refractivity contribution in [1.29, 1.82) is 0 Å². The molecule has 2 rings (SSSR count). The Hall–Kier alpha value is -2.13. The Morgan fingerprint density at radius 2 is 2.08 bits per heavy atom. The van der Waals surface area contributed by atoms with Crippen molar-refractivity contribution in [2.75, 3.05) is 13.4 Å². The lowest BCUT2D eigenvalue weighted by molar-refractivity contribution is -0.114. The maximum Gasteiger partial charge on any atom is 0.255 e. The fourth-order valence-electron chi connectivity index (χ4n) is 3.04. The summed E-state index contributed by atoms with van der Waals surface area (Å²) >= 11 is 0. The normalized spacial score (nSPS) is 13.7. The van der Waals surface area contributed by atoms with Gasteiger partial charge in [0.2, 0.25) is 0 Å². The van der Waals surface area contributed by atoms with E-state index < -0.39 is 0 Å². The molecule has 0 saturated heterocycles. The monoisotopic (exact) mass is 375 g/mol. The fourth-order valence-corrected chi connectivity index (χ4v) is 3.33. The van der Waals surface area contributed by atoms with E-state index in [0.29, 0.717) is 48.1 Å². The van der Waals surface area contributed by atoms with E-state index in [1.807, 2.05) is 26.8 Å². The lowest BCUT2D eigenvalue weighted by Crippen LogP contribution is -2.21. The van der Waals surface area contributed by atoms with Crippen LogP contribution in [0.5, 0.6) is 11.5 Å². The van der Waals surface area contributed by atoms with Gasteiger partial charge < -0.3 is 14.7 Å². The molecule has 26 heavy (non-hydrogen) atoms. The molecule has 6 heteroatoms. The molecule has 5 nitrogen and oxygen atoms in total. The lowest BCUT2D eigenvalue weighted by Gasteiger charge is -2.13. The first-order chi connectivity index (χ1) is 12.3. The number of phenols is 1. The number of ketones is 1. The zero-order valence-corrected chi connectivity index (χ0v) is 16.9. The van der Waals surface area contributed by atoms with Gasteiger partial charge in [-0.15, -0.1) is 9.24 Å². The zero-order chi connectivity index (χ0) is 19.4. The molecule has 1 N–H and O–H groups in total. The van der Waals surface area contributed by atoms with Gasteiger partial charge >= 0.3 is 0 Å². The highest BCUT2D eigenvalue weighted by Crippen LogP contribution is 2.39. The standard InChI is InChI=1S/C20H26NO4P/c1-12(2)7-14(22)8-13(3)5-6-15-18(25-4)9-16-17(19(15)23)10-21(11-26)20(16)24/h5,7,9,23H,6,8,10-11,26H2,1-4H3/b13-5+. The van der Waals surface area contributed by atoms with Gasteiger partial charge in [0.1, 0.15) is 11.5 Å². The summed E-state index contributed by atoms with van der Waals surface area (Å²) in [6.07, 6.45) is 4.85. The van der Waals surface area contributed by atoms with Crippen LogP contribution in [0.2, 0.25) is 0 Å². The average molecular weight is 375 g/mol. The molecule has 0 fully saturated rings. The fraction of sp³-hybridized carbons (Fsp3) is 0.400. The maximum absolute atomic E-state index is 12.3. The third kappa shape index (κ3) is 4.34. The third-order valence-electron chi connectivity index (χ3n) is 4.33. The number of amides is 1. The highest BCUT2D eigenvalue weighted by Gasteiger charge is 2.31. The molecule has 0 saturated carbocycles. The smallest absolute Gasteiger partial charge is 0.255 e. The Labute approximate surface area is 156 Å². The number of methoxy groups -OCH3 is 1. The van der Waals surface area contributed by atoms with Crippen LogP contribution in [0.15, 0.2) is 29.4 Å². The second-order valence-electron chi connectivity index (χ2n) is 6.74. The quantitative estimate of drug-likeness (QED) is 0.449. The third-order valence-corrected chi connectivity index (χ3v) is 4.77. The van der Waals surface area contributed by atoms with Crippen molar-refractivity contribution in [3.05, 3.63) is 46.1 Å². The van der Waals surface area contributed by atoms with Gasteiger partial charge in [-0.05, 0) is 39.3 Å². The van der Waals surface area contributed by atoms with E-state index in [1.165, 1.54) is 7.11 Å². The molecule has 1 aromatic carbocycles. The number of phenolic OH excluding ortho intramolecular Hbond substituents is 1. The summed E-state index contributed by atoms with van der Waals surface area (Å²) in [4.78, 5) is 25.9. The topological polar surface area (TPSA) is 66.8 Å². The van der Waals surface area contributed by atoms with Crippen molar-refractivity contribution in [1.82, 2.24) is 4.90 Å². The molecule has 0 aromatic heterocycles. The van der Waals surface area contributed by atoms with E-state index in [2.05, 4.69) is 9.24 Å². The molecule has 0 aliphatic carbocycles. The summed E-state index contributed by atoms with van der Waals surface area (Å²) in [6, 6.07) is 1.70. The molecule has 1 atom stereocenters. The highest BCUT2D eigenvalue weighted by atomic mass is 31.0. The molecule has 140 valence electrons. The number of hydrogen-bond acceptors (Lipinski definition) is 4. The first-order valence-electron chi connectivity index (χ1n) is 8.52. The molecule has 0 bridgehead atoms. The largest absolute Gasteiger partial charge is 0.507 e. The van der Waals surface area contributed by atoms with Crippen molar-refractivity contribution >= 4 is 20.9 Å². The first-order valence-corrected chi connectivity index (χ1v) is 9.34. The number of rotatable bonds is 7. The Morgan fingerprint density at radius 1 is 1.38 bits per heavy atom. The van der Waals surface area contributed by atoms with E-state index >= 15 is 0 Å². The molecular weight excluding hydrogens is 349 g/mol. The van der Waals surface area contributed by atoms with Crippen molar-refractivity contribution in [2.24, 2.45) is 0 Å². The number of fused-ring (bicyclic) bond motifs is 1. The number of carbonyl (C=O) groups excluding carboxylic acids is 2. The number of benzene rings is 1. The van der Waals surface area contributed by atoms with Crippen LogP contribution in [-0.2, 0) is 17.8 Å². The van der Waals surface area contributed by atoms with Crippen molar-refractivity contribution in [2.45, 2.75) is 40.2 Å². The number of allylic oxidation sites excluding steroid dienone is 4. The van der Waals surface area contributed by atoms with Crippen molar-refractivity contribution < 1.29 is 19.4 Å². The van der Waals surface area contributed by atoms with Gasteiger partial charge in [-0.25, -0.2) is 0 Å². The number of ether oxygens (including phenoxy) is 1. The van der Waals surface area contributed by atoms with Gasteiger partial charge in [-0.2, -0.15) is 0 Å². The number of carbonyl (C=O) groups is 2. The Balaban J connectivity index is 2.28. The minimum atomic E-state index is -0.103. The van der Waals surface area contributed by atoms with Crippen LogP contribution in [0.1, 0.15) is 48.7 Å². The summed E-state index contributed by atoms with van der Waals surface area (Å²) in [5.74, 6) is 0.549. The molecule has 0 spiro atoms. The molecule has 1 aliphatic rings. The van der Waals surface area contributed by atoms with E-state index in [9.17, 15) is 14.7 Å². The molecule has 0 radical (unpaired) electrons. The SMILES string of the molecule is COc1cc2c(c(O)c1C/C=C(\C)CC(=O)C=C(C)C)CN(CP)C2=O. The molecule has 1 heterocycles. The van der Waals surface area contributed by atoms with E-state index in [0.717, 1.165) is 11.1 Å². The maximum atomic E-state index is 12.3. The molecule has 1 unspecified atom stereocenters. The highest BCUT2D eigenvalue weighted by molar-refractivity contribution is 7.16. The van der Waals surface area contributed by atoms with Gasteiger partial charge in [0.05, 0.1) is 19.2 Å². The summed E-state index contributed by atoms with van der Waals surface area (Å²) < 4.78 is 5.39. The lowest BCUT2D eigenvalue weighted by atomic mass is 9.99. The van der Waals surface area contributed by atoms with Crippen LogP contribution < -0.4 is 4.74 Å². The summed E-state index contributed by atoms with van der Waals surface area (Å²) in [5, 5.41) is 10.7. The summed E-state index contributed by atoms with van der Waals surface area (Å²) in [7, 11) is 4.04. The van der Waals surface area contributed by atoms with Gasteiger partial charge in [0, 0.05) is 23.8 Å². The van der Waals surface area contributed by atoms with Crippen molar-refractivity contribution in [3.8, 4) is 11.5 Å². The molecule has 1 amide bonds. The molecular formula is C20H26NO4P. The number of aromatic hydroxyl groups is 1. The first kappa shape index (κ1) is 20.2. The second kappa shape index (κ2) is 8.50.